The second-order valence-corrected chi connectivity index (χ2v) is 8.20. The zero-order valence-electron chi connectivity index (χ0n) is 17.6. The van der Waals surface area contributed by atoms with Crippen LogP contribution in [0, 0.1) is 0 Å². The van der Waals surface area contributed by atoms with Crippen molar-refractivity contribution in [2.75, 3.05) is 20.2 Å². The van der Waals surface area contributed by atoms with Crippen LogP contribution in [-0.2, 0) is 11.8 Å². The van der Waals surface area contributed by atoms with E-state index in [9.17, 15) is 9.59 Å². The minimum atomic E-state index is -0.537. The molecule has 0 radical (unpaired) electrons. The second-order valence-electron chi connectivity index (χ2n) is 8.20. The lowest BCUT2D eigenvalue weighted by molar-refractivity contribution is 0.0290. The first-order valence-electron chi connectivity index (χ1n) is 9.62. The lowest BCUT2D eigenvalue weighted by Gasteiger charge is -2.24. The quantitative estimate of drug-likeness (QED) is 0.853. The average molecular weight is 400 g/mol. The molecule has 0 spiro atoms. The second kappa shape index (κ2) is 8.14. The Labute approximate surface area is 170 Å². The highest BCUT2D eigenvalue weighted by Crippen LogP contribution is 2.30. The topological polar surface area (TPSA) is 85.7 Å². The van der Waals surface area contributed by atoms with Gasteiger partial charge in [-0.05, 0) is 45.4 Å². The number of likely N-dealkylation sites (tertiary alicyclic amines) is 1. The Kier molecular flexibility index (Phi) is 5.81. The van der Waals surface area contributed by atoms with E-state index in [0.717, 1.165) is 11.1 Å². The molecule has 2 heterocycles. The number of aryl methyl sites for hydroxylation is 1. The summed E-state index contributed by atoms with van der Waals surface area (Å²) in [6.45, 7) is 6.50. The Bertz CT molecular complexity index is 900. The number of benzene rings is 1. The zero-order valence-corrected chi connectivity index (χ0v) is 17.6. The molecule has 8 heteroatoms. The van der Waals surface area contributed by atoms with Crippen molar-refractivity contribution in [2.24, 2.45) is 7.05 Å². The van der Waals surface area contributed by atoms with Crippen LogP contribution in [0.25, 0.3) is 11.1 Å². The highest BCUT2D eigenvalue weighted by molar-refractivity contribution is 5.95. The maximum atomic E-state index is 12.7. The van der Waals surface area contributed by atoms with Crippen LogP contribution in [0.4, 0.5) is 4.79 Å². The van der Waals surface area contributed by atoms with Gasteiger partial charge in [-0.3, -0.25) is 9.48 Å². The van der Waals surface area contributed by atoms with Crippen molar-refractivity contribution in [1.29, 1.82) is 0 Å². The molecule has 1 saturated heterocycles. The van der Waals surface area contributed by atoms with E-state index in [1.54, 1.807) is 35.0 Å². The lowest BCUT2D eigenvalue weighted by Crippen LogP contribution is -2.40. The number of hydrogen-bond acceptors (Lipinski definition) is 5. The third kappa shape index (κ3) is 5.07. The monoisotopic (exact) mass is 400 g/mol. The Morgan fingerprint density at radius 2 is 2.03 bits per heavy atom. The van der Waals surface area contributed by atoms with Gasteiger partial charge in [0.1, 0.15) is 11.4 Å². The van der Waals surface area contributed by atoms with Gasteiger partial charge in [0, 0.05) is 49.1 Å². The zero-order chi connectivity index (χ0) is 21.2. The van der Waals surface area contributed by atoms with Crippen LogP contribution < -0.4 is 10.1 Å². The molecule has 29 heavy (non-hydrogen) atoms. The summed E-state index contributed by atoms with van der Waals surface area (Å²) < 4.78 is 12.6. The molecule has 1 atom stereocenters. The fourth-order valence-corrected chi connectivity index (χ4v) is 3.27. The number of ether oxygens (including phenoxy) is 2. The Balaban J connectivity index is 1.65. The van der Waals surface area contributed by atoms with E-state index in [2.05, 4.69) is 10.4 Å². The maximum absolute atomic E-state index is 12.7. The summed E-state index contributed by atoms with van der Waals surface area (Å²) in [5, 5.41) is 7.17. The van der Waals surface area contributed by atoms with Crippen molar-refractivity contribution >= 4 is 12.0 Å². The minimum Gasteiger partial charge on any atom is -0.496 e. The van der Waals surface area contributed by atoms with Crippen molar-refractivity contribution in [3.05, 3.63) is 36.2 Å². The number of carbonyl (C=O) groups excluding carboxylic acids is 2. The summed E-state index contributed by atoms with van der Waals surface area (Å²) in [7, 11) is 3.42. The van der Waals surface area contributed by atoms with Gasteiger partial charge in [-0.2, -0.15) is 5.10 Å². The molecule has 2 amide bonds. The van der Waals surface area contributed by atoms with E-state index in [-0.39, 0.29) is 18.0 Å². The van der Waals surface area contributed by atoms with E-state index in [4.69, 9.17) is 9.47 Å². The summed E-state index contributed by atoms with van der Waals surface area (Å²) in [6, 6.07) is 5.23. The van der Waals surface area contributed by atoms with E-state index in [1.165, 1.54) is 0 Å². The highest BCUT2D eigenvalue weighted by Gasteiger charge is 2.30. The van der Waals surface area contributed by atoms with Crippen molar-refractivity contribution in [2.45, 2.75) is 38.8 Å². The summed E-state index contributed by atoms with van der Waals surface area (Å²) in [6.07, 6.45) is 3.98. The van der Waals surface area contributed by atoms with E-state index in [0.29, 0.717) is 30.8 Å². The summed E-state index contributed by atoms with van der Waals surface area (Å²) >= 11 is 0. The summed E-state index contributed by atoms with van der Waals surface area (Å²) in [4.78, 5) is 26.5. The molecule has 3 rings (SSSR count). The Morgan fingerprint density at radius 1 is 1.28 bits per heavy atom. The van der Waals surface area contributed by atoms with Gasteiger partial charge in [0.25, 0.3) is 5.91 Å². The van der Waals surface area contributed by atoms with Crippen LogP contribution in [0.1, 0.15) is 37.6 Å². The number of carbonyl (C=O) groups is 2. The normalized spacial score (nSPS) is 16.6. The predicted octanol–water partition coefficient (Wildman–Crippen LogP) is 2.83. The van der Waals surface area contributed by atoms with Gasteiger partial charge < -0.3 is 19.7 Å². The summed E-state index contributed by atoms with van der Waals surface area (Å²) in [5.41, 5.74) is 1.75. The maximum Gasteiger partial charge on any atom is 0.410 e. The van der Waals surface area contributed by atoms with Crippen LogP contribution in [0.2, 0.25) is 0 Å². The molecule has 2 aromatic rings. The van der Waals surface area contributed by atoms with Crippen molar-refractivity contribution in [3.8, 4) is 16.9 Å². The number of aromatic nitrogens is 2. The van der Waals surface area contributed by atoms with Crippen molar-refractivity contribution in [1.82, 2.24) is 20.0 Å². The number of hydrogen-bond donors (Lipinski definition) is 1. The van der Waals surface area contributed by atoms with Crippen molar-refractivity contribution in [3.63, 3.8) is 0 Å². The molecule has 1 aromatic heterocycles. The number of rotatable bonds is 4. The largest absolute Gasteiger partial charge is 0.496 e. The van der Waals surface area contributed by atoms with Gasteiger partial charge in [0.05, 0.1) is 13.3 Å². The molecule has 0 aliphatic carbocycles. The molecule has 156 valence electrons. The SMILES string of the molecule is COc1cc(C(=O)NC2CCN(C(=O)OC(C)(C)C)C2)ccc1-c1cnn(C)c1. The van der Waals surface area contributed by atoms with Gasteiger partial charge in [-0.1, -0.05) is 0 Å². The number of methoxy groups -OCH3 is 1. The first-order chi connectivity index (χ1) is 13.7. The molecule has 1 aliphatic rings. The predicted molar refractivity (Wildman–Crippen MR) is 109 cm³/mol. The van der Waals surface area contributed by atoms with E-state index in [1.807, 2.05) is 40.1 Å². The Hall–Kier alpha value is -3.03. The molecular weight excluding hydrogens is 372 g/mol. The molecular formula is C21H28N4O4. The number of amides is 2. The van der Waals surface area contributed by atoms with Crippen LogP contribution in [0.15, 0.2) is 30.6 Å². The number of nitrogens with one attached hydrogen (secondary N) is 1. The van der Waals surface area contributed by atoms with Crippen LogP contribution in [-0.4, -0.2) is 58.5 Å². The fraction of sp³-hybridized carbons (Fsp3) is 0.476. The third-order valence-corrected chi connectivity index (χ3v) is 4.65. The fourth-order valence-electron chi connectivity index (χ4n) is 3.27. The molecule has 1 fully saturated rings. The van der Waals surface area contributed by atoms with Gasteiger partial charge in [0.15, 0.2) is 0 Å². The van der Waals surface area contributed by atoms with E-state index < -0.39 is 5.60 Å². The van der Waals surface area contributed by atoms with Gasteiger partial charge in [-0.15, -0.1) is 0 Å². The molecule has 1 N–H and O–H groups in total. The van der Waals surface area contributed by atoms with E-state index >= 15 is 0 Å². The highest BCUT2D eigenvalue weighted by atomic mass is 16.6. The molecule has 1 aromatic carbocycles. The van der Waals surface area contributed by atoms with Gasteiger partial charge >= 0.3 is 6.09 Å². The molecule has 0 bridgehead atoms. The lowest BCUT2D eigenvalue weighted by atomic mass is 10.0. The third-order valence-electron chi connectivity index (χ3n) is 4.65. The van der Waals surface area contributed by atoms with Crippen LogP contribution in [0.5, 0.6) is 5.75 Å². The van der Waals surface area contributed by atoms with Gasteiger partial charge in [0.2, 0.25) is 0 Å². The smallest absolute Gasteiger partial charge is 0.410 e. The first kappa shape index (κ1) is 20.7. The van der Waals surface area contributed by atoms with Crippen molar-refractivity contribution < 1.29 is 19.1 Å². The van der Waals surface area contributed by atoms with Crippen LogP contribution >= 0.6 is 0 Å². The average Bonchev–Trinajstić information content (AvgIpc) is 3.29. The minimum absolute atomic E-state index is 0.112. The molecule has 1 unspecified atom stereocenters. The summed E-state index contributed by atoms with van der Waals surface area (Å²) in [5.74, 6) is 0.407. The number of nitrogens with zero attached hydrogens (tertiary/aromatic N) is 3. The first-order valence-corrected chi connectivity index (χ1v) is 9.62. The standard InChI is InChI=1S/C21H28N4O4/c1-21(2,3)29-20(27)25-9-8-16(13-25)23-19(26)14-6-7-17(18(10-14)28-5)15-11-22-24(4)12-15/h6-7,10-12,16H,8-9,13H2,1-5H3,(H,23,26). The molecule has 8 nitrogen and oxygen atoms in total. The molecule has 0 saturated carbocycles. The molecule has 1 aliphatic heterocycles. The van der Waals surface area contributed by atoms with Crippen LogP contribution in [0.3, 0.4) is 0 Å². The Morgan fingerprint density at radius 3 is 2.66 bits per heavy atom. The van der Waals surface area contributed by atoms with Gasteiger partial charge in [-0.25, -0.2) is 4.79 Å².